The van der Waals surface area contributed by atoms with Gasteiger partial charge >= 0.3 is 0 Å². The summed E-state index contributed by atoms with van der Waals surface area (Å²) in [5.74, 6) is 0.330. The van der Waals surface area contributed by atoms with Gasteiger partial charge in [0.05, 0.1) is 17.3 Å². The Bertz CT molecular complexity index is 599. The second kappa shape index (κ2) is 7.08. The van der Waals surface area contributed by atoms with Crippen molar-refractivity contribution in [2.45, 2.75) is 26.3 Å². The van der Waals surface area contributed by atoms with Crippen LogP contribution in [0.1, 0.15) is 42.4 Å². The normalized spacial score (nSPS) is 12.0. The molecule has 0 aliphatic carbocycles. The number of pyridine rings is 1. The van der Waals surface area contributed by atoms with E-state index in [1.165, 1.54) is 0 Å². The van der Waals surface area contributed by atoms with Gasteiger partial charge in [-0.15, -0.1) is 0 Å². The Morgan fingerprint density at radius 2 is 2.29 bits per heavy atom. The first-order valence-corrected chi connectivity index (χ1v) is 7.19. The van der Waals surface area contributed by atoms with E-state index in [1.54, 1.807) is 24.5 Å². The molecule has 1 unspecified atom stereocenters. The number of nitrogens with zero attached hydrogens (tertiary/aromatic N) is 2. The van der Waals surface area contributed by atoms with Crippen molar-refractivity contribution in [1.29, 1.82) is 0 Å². The molecule has 2 heterocycles. The minimum atomic E-state index is -0.311. The lowest BCUT2D eigenvalue weighted by Crippen LogP contribution is -2.27. The number of hydrogen-bond donors (Lipinski definition) is 3. The molecule has 7 heteroatoms. The molecule has 21 heavy (non-hydrogen) atoms. The lowest BCUT2D eigenvalue weighted by Gasteiger charge is -2.13. The highest BCUT2D eigenvalue weighted by Gasteiger charge is 2.16. The van der Waals surface area contributed by atoms with Crippen LogP contribution in [0.5, 0.6) is 0 Å². The van der Waals surface area contributed by atoms with E-state index in [0.29, 0.717) is 10.8 Å². The van der Waals surface area contributed by atoms with Gasteiger partial charge < -0.3 is 10.6 Å². The van der Waals surface area contributed by atoms with Crippen molar-refractivity contribution in [3.05, 3.63) is 40.8 Å². The molecule has 0 radical (unpaired) electrons. The first kappa shape index (κ1) is 15.3. The third-order valence-electron chi connectivity index (χ3n) is 2.98. The van der Waals surface area contributed by atoms with Gasteiger partial charge in [0, 0.05) is 18.3 Å². The molecule has 0 fully saturated rings. The fraction of sp³-hybridized carbons (Fsp3) is 0.357. The molecule has 3 N–H and O–H groups in total. The van der Waals surface area contributed by atoms with Gasteiger partial charge in [-0.2, -0.15) is 5.10 Å². The van der Waals surface area contributed by atoms with E-state index in [9.17, 15) is 4.79 Å². The number of rotatable bonds is 6. The number of aromatic amines is 1. The molecular weight excluding hydrogens is 290 g/mol. The Morgan fingerprint density at radius 3 is 2.95 bits per heavy atom. The molecule has 112 valence electrons. The second-order valence-corrected chi connectivity index (χ2v) is 5.09. The molecule has 2 aromatic heterocycles. The van der Waals surface area contributed by atoms with Gasteiger partial charge in [-0.1, -0.05) is 18.5 Å². The maximum Gasteiger partial charge on any atom is 0.271 e. The van der Waals surface area contributed by atoms with Crippen LogP contribution in [0.25, 0.3) is 0 Å². The summed E-state index contributed by atoms with van der Waals surface area (Å²) in [6.45, 7) is 4.72. The van der Waals surface area contributed by atoms with Crippen molar-refractivity contribution in [3.63, 3.8) is 0 Å². The first-order valence-electron chi connectivity index (χ1n) is 6.81. The van der Waals surface area contributed by atoms with Crippen LogP contribution in [0, 0.1) is 0 Å². The van der Waals surface area contributed by atoms with Crippen LogP contribution in [0.2, 0.25) is 5.02 Å². The van der Waals surface area contributed by atoms with Crippen molar-refractivity contribution >= 4 is 23.3 Å². The maximum atomic E-state index is 12.3. The van der Waals surface area contributed by atoms with E-state index in [-0.39, 0.29) is 17.6 Å². The molecule has 0 aliphatic rings. The average molecular weight is 308 g/mol. The summed E-state index contributed by atoms with van der Waals surface area (Å²) in [6, 6.07) is 3.25. The molecule has 0 saturated carbocycles. The summed E-state index contributed by atoms with van der Waals surface area (Å²) in [4.78, 5) is 16.5. The van der Waals surface area contributed by atoms with E-state index in [1.807, 2.05) is 6.92 Å². The summed E-state index contributed by atoms with van der Waals surface area (Å²) in [5, 5.41) is 12.9. The van der Waals surface area contributed by atoms with Gasteiger partial charge in [-0.3, -0.25) is 9.89 Å². The van der Waals surface area contributed by atoms with Crippen molar-refractivity contribution in [2.24, 2.45) is 0 Å². The van der Waals surface area contributed by atoms with Crippen LogP contribution < -0.4 is 10.6 Å². The minimum absolute atomic E-state index is 0.179. The molecule has 0 bridgehead atoms. The van der Waals surface area contributed by atoms with Gasteiger partial charge in [0.2, 0.25) is 0 Å². The van der Waals surface area contributed by atoms with Gasteiger partial charge in [-0.25, -0.2) is 4.98 Å². The van der Waals surface area contributed by atoms with Crippen molar-refractivity contribution in [2.75, 3.05) is 11.9 Å². The lowest BCUT2D eigenvalue weighted by atomic mass is 10.2. The monoisotopic (exact) mass is 307 g/mol. The van der Waals surface area contributed by atoms with Crippen LogP contribution >= 0.6 is 11.6 Å². The number of hydrogen-bond acceptors (Lipinski definition) is 4. The number of halogens is 1. The highest BCUT2D eigenvalue weighted by molar-refractivity contribution is 6.33. The Morgan fingerprint density at radius 1 is 1.48 bits per heavy atom. The smallest absolute Gasteiger partial charge is 0.271 e. The van der Waals surface area contributed by atoms with E-state index >= 15 is 0 Å². The zero-order valence-corrected chi connectivity index (χ0v) is 12.7. The van der Waals surface area contributed by atoms with E-state index in [0.717, 1.165) is 18.5 Å². The zero-order chi connectivity index (χ0) is 15.2. The molecule has 2 rings (SSSR count). The molecule has 1 amide bonds. The third-order valence-corrected chi connectivity index (χ3v) is 3.29. The molecule has 2 aromatic rings. The Labute approximate surface area is 128 Å². The van der Waals surface area contributed by atoms with Crippen LogP contribution in [-0.4, -0.2) is 27.6 Å². The second-order valence-electron chi connectivity index (χ2n) is 4.68. The van der Waals surface area contributed by atoms with Crippen molar-refractivity contribution in [1.82, 2.24) is 20.5 Å². The number of aromatic nitrogens is 3. The fourth-order valence-electron chi connectivity index (χ4n) is 1.80. The molecular formula is C14H18ClN5O. The summed E-state index contributed by atoms with van der Waals surface area (Å²) >= 11 is 6.06. The van der Waals surface area contributed by atoms with Crippen LogP contribution in [0.4, 0.5) is 5.82 Å². The summed E-state index contributed by atoms with van der Waals surface area (Å²) in [6.07, 6.45) is 4.38. The minimum Gasteiger partial charge on any atom is -0.370 e. The number of carbonyl (C=O) groups is 1. The molecule has 6 nitrogen and oxygen atoms in total. The number of anilines is 1. The quantitative estimate of drug-likeness (QED) is 0.766. The summed E-state index contributed by atoms with van der Waals surface area (Å²) in [7, 11) is 0. The molecule has 0 aliphatic heterocycles. The van der Waals surface area contributed by atoms with Crippen molar-refractivity contribution in [3.8, 4) is 0 Å². The Kier molecular flexibility index (Phi) is 5.16. The predicted octanol–water partition coefficient (Wildman–Crippen LogP) is 2.77. The maximum absolute atomic E-state index is 12.3. The molecule has 0 aromatic carbocycles. The van der Waals surface area contributed by atoms with Crippen LogP contribution in [0.15, 0.2) is 24.5 Å². The zero-order valence-electron chi connectivity index (χ0n) is 12.0. The molecule has 1 atom stereocenters. The van der Waals surface area contributed by atoms with E-state index in [2.05, 4.69) is 32.7 Å². The van der Waals surface area contributed by atoms with Gasteiger partial charge in [0.25, 0.3) is 5.91 Å². The summed E-state index contributed by atoms with van der Waals surface area (Å²) < 4.78 is 0. The van der Waals surface area contributed by atoms with Gasteiger partial charge in [0.15, 0.2) is 0 Å². The van der Waals surface area contributed by atoms with Crippen LogP contribution in [-0.2, 0) is 0 Å². The predicted molar refractivity (Wildman–Crippen MR) is 82.5 cm³/mol. The number of H-pyrrole nitrogens is 1. The van der Waals surface area contributed by atoms with Crippen LogP contribution in [0.3, 0.4) is 0 Å². The topological polar surface area (TPSA) is 82.7 Å². The largest absolute Gasteiger partial charge is 0.370 e. The Balaban J connectivity index is 2.10. The number of carbonyl (C=O) groups excluding carboxylic acids is 1. The SMILES string of the molecule is CCCNc1ccc(Cl)c(C(=O)NC(C)c2cn[nH]c2)n1. The molecule has 0 spiro atoms. The Hall–Kier alpha value is -2.08. The summed E-state index contributed by atoms with van der Waals surface area (Å²) in [5.41, 5.74) is 1.10. The standard InChI is InChI=1S/C14H18ClN5O/c1-3-6-16-12-5-4-11(15)13(20-12)14(21)19-9(2)10-7-17-18-8-10/h4-5,7-9H,3,6H2,1-2H3,(H,16,20)(H,17,18)(H,19,21). The third kappa shape index (κ3) is 3.95. The number of amides is 1. The van der Waals surface area contributed by atoms with E-state index in [4.69, 9.17) is 11.6 Å². The average Bonchev–Trinajstić information content (AvgIpc) is 3.00. The number of nitrogens with one attached hydrogen (secondary N) is 3. The van der Waals surface area contributed by atoms with Gasteiger partial charge in [-0.05, 0) is 25.5 Å². The molecule has 0 saturated heterocycles. The van der Waals surface area contributed by atoms with Gasteiger partial charge in [0.1, 0.15) is 11.5 Å². The lowest BCUT2D eigenvalue weighted by molar-refractivity contribution is 0.0935. The highest BCUT2D eigenvalue weighted by atomic mass is 35.5. The van der Waals surface area contributed by atoms with E-state index < -0.39 is 0 Å². The van der Waals surface area contributed by atoms with Crippen molar-refractivity contribution < 1.29 is 4.79 Å². The highest BCUT2D eigenvalue weighted by Crippen LogP contribution is 2.18. The first-order chi connectivity index (χ1) is 10.1. The fourth-order valence-corrected chi connectivity index (χ4v) is 1.99.